The number of esters is 1. The molecule has 0 rings (SSSR count). The van der Waals surface area contributed by atoms with Crippen LogP contribution in [0.15, 0.2) is 0 Å². The molecule has 0 heterocycles. The highest BCUT2D eigenvalue weighted by Crippen LogP contribution is 2.09. The summed E-state index contributed by atoms with van der Waals surface area (Å²) in [6.45, 7) is 5.76. The molecule has 160 valence electrons. The van der Waals surface area contributed by atoms with Gasteiger partial charge in [-0.15, -0.1) is 0 Å². The summed E-state index contributed by atoms with van der Waals surface area (Å²) in [5, 5.41) is 11.2. The molecule has 0 bridgehead atoms. The Balaban J connectivity index is 4.39. The van der Waals surface area contributed by atoms with E-state index < -0.39 is 17.9 Å². The number of nitrogens with zero attached hydrogens (tertiary/aromatic N) is 1. The van der Waals surface area contributed by atoms with Crippen molar-refractivity contribution in [1.29, 1.82) is 0 Å². The Bertz CT molecular complexity index is 566. The Hall–Kier alpha value is -1.72. The highest BCUT2D eigenvalue weighted by Gasteiger charge is 2.20. The SMILES string of the molecule is CC(C)C(=O)N(CCNC(=O)CCCC(=O)O)CCOC(=O)C(C)CC(=O)I. The van der Waals surface area contributed by atoms with Crippen molar-refractivity contribution >= 4 is 50.1 Å². The second kappa shape index (κ2) is 14.3. The predicted molar refractivity (Wildman–Crippen MR) is 110 cm³/mol. The molecular formula is C18H29IN2O7. The molecule has 0 aromatic carbocycles. The maximum Gasteiger partial charge on any atom is 0.309 e. The van der Waals surface area contributed by atoms with Crippen molar-refractivity contribution < 1.29 is 33.8 Å². The van der Waals surface area contributed by atoms with E-state index in [1.54, 1.807) is 43.4 Å². The topological polar surface area (TPSA) is 130 Å². The molecule has 1 atom stereocenters. The number of rotatable bonds is 14. The Morgan fingerprint density at radius 1 is 1.07 bits per heavy atom. The first-order chi connectivity index (χ1) is 13.0. The van der Waals surface area contributed by atoms with Crippen molar-refractivity contribution in [1.82, 2.24) is 10.2 Å². The third-order valence-corrected chi connectivity index (χ3v) is 4.22. The molecule has 0 saturated carbocycles. The molecule has 1 unspecified atom stereocenters. The average Bonchev–Trinajstić information content (AvgIpc) is 2.58. The van der Waals surface area contributed by atoms with Gasteiger partial charge in [-0.25, -0.2) is 0 Å². The van der Waals surface area contributed by atoms with E-state index in [0.29, 0.717) is 0 Å². The molecule has 9 nitrogen and oxygen atoms in total. The van der Waals surface area contributed by atoms with Crippen molar-refractivity contribution in [3.63, 3.8) is 0 Å². The van der Waals surface area contributed by atoms with Gasteiger partial charge in [0.1, 0.15) is 6.61 Å². The van der Waals surface area contributed by atoms with Gasteiger partial charge in [-0.3, -0.25) is 24.0 Å². The lowest BCUT2D eigenvalue weighted by molar-refractivity contribution is -0.150. The molecule has 10 heteroatoms. The Morgan fingerprint density at radius 2 is 1.71 bits per heavy atom. The fraction of sp³-hybridized carbons (Fsp3) is 0.722. The average molecular weight is 512 g/mol. The zero-order valence-electron chi connectivity index (χ0n) is 16.5. The Kier molecular flexibility index (Phi) is 13.4. The fourth-order valence-electron chi connectivity index (χ4n) is 2.24. The lowest BCUT2D eigenvalue weighted by Gasteiger charge is -2.25. The van der Waals surface area contributed by atoms with Gasteiger partial charge in [-0.2, -0.15) is 0 Å². The second-order valence-electron chi connectivity index (χ2n) is 6.71. The highest BCUT2D eigenvalue weighted by atomic mass is 127. The van der Waals surface area contributed by atoms with E-state index in [4.69, 9.17) is 9.84 Å². The van der Waals surface area contributed by atoms with Gasteiger partial charge in [0, 0.05) is 38.3 Å². The number of hydrogen-bond donors (Lipinski definition) is 2. The first-order valence-electron chi connectivity index (χ1n) is 9.16. The van der Waals surface area contributed by atoms with E-state index in [-0.39, 0.29) is 73.4 Å². The van der Waals surface area contributed by atoms with Crippen LogP contribution in [0.25, 0.3) is 0 Å². The number of carboxylic acids is 1. The van der Waals surface area contributed by atoms with Crippen LogP contribution < -0.4 is 5.32 Å². The van der Waals surface area contributed by atoms with Gasteiger partial charge in [0.25, 0.3) is 0 Å². The fourth-order valence-corrected chi connectivity index (χ4v) is 2.90. The maximum absolute atomic E-state index is 12.3. The first-order valence-corrected chi connectivity index (χ1v) is 10.2. The van der Waals surface area contributed by atoms with Gasteiger partial charge in [-0.05, 0) is 29.0 Å². The van der Waals surface area contributed by atoms with Crippen LogP contribution in [0.2, 0.25) is 0 Å². The number of halogens is 1. The summed E-state index contributed by atoms with van der Waals surface area (Å²) in [5.41, 5.74) is 0. The summed E-state index contributed by atoms with van der Waals surface area (Å²) >= 11 is 1.62. The smallest absolute Gasteiger partial charge is 0.309 e. The zero-order chi connectivity index (χ0) is 21.7. The van der Waals surface area contributed by atoms with Gasteiger partial charge in [0.2, 0.25) is 11.8 Å². The summed E-state index contributed by atoms with van der Waals surface area (Å²) in [5.74, 6) is -2.64. The number of aliphatic carboxylic acids is 1. The van der Waals surface area contributed by atoms with E-state index in [9.17, 15) is 24.0 Å². The van der Waals surface area contributed by atoms with E-state index in [1.807, 2.05) is 0 Å². The lowest BCUT2D eigenvalue weighted by atomic mass is 10.1. The second-order valence-corrected chi connectivity index (χ2v) is 7.91. The van der Waals surface area contributed by atoms with Crippen molar-refractivity contribution in [3.05, 3.63) is 0 Å². The molecule has 0 aromatic rings. The normalized spacial score (nSPS) is 11.6. The van der Waals surface area contributed by atoms with Gasteiger partial charge >= 0.3 is 11.9 Å². The van der Waals surface area contributed by atoms with Crippen molar-refractivity contribution in [2.45, 2.75) is 46.5 Å². The number of hydrogen-bond acceptors (Lipinski definition) is 6. The van der Waals surface area contributed by atoms with Crippen LogP contribution in [0.5, 0.6) is 0 Å². The third-order valence-electron chi connectivity index (χ3n) is 3.78. The lowest BCUT2D eigenvalue weighted by Crippen LogP contribution is -2.42. The van der Waals surface area contributed by atoms with Crippen LogP contribution in [0.4, 0.5) is 0 Å². The van der Waals surface area contributed by atoms with Crippen LogP contribution in [0.3, 0.4) is 0 Å². The number of ether oxygens (including phenoxy) is 1. The number of carboxylic acid groups (broad SMARTS) is 1. The number of nitrogens with one attached hydrogen (secondary N) is 1. The minimum Gasteiger partial charge on any atom is -0.481 e. The molecule has 0 aliphatic heterocycles. The quantitative estimate of drug-likeness (QED) is 0.204. The molecule has 0 saturated heterocycles. The molecule has 2 N–H and O–H groups in total. The summed E-state index contributed by atoms with van der Waals surface area (Å²) in [7, 11) is 0. The van der Waals surface area contributed by atoms with Crippen LogP contribution >= 0.6 is 22.6 Å². The van der Waals surface area contributed by atoms with Gasteiger partial charge in [0.15, 0.2) is 3.79 Å². The van der Waals surface area contributed by atoms with E-state index in [0.717, 1.165) is 0 Å². The molecule has 0 aromatic heterocycles. The summed E-state index contributed by atoms with van der Waals surface area (Å²) in [6, 6.07) is 0. The Labute approximate surface area is 178 Å². The number of carbonyl (C=O) groups is 5. The first kappa shape index (κ1) is 26.3. The van der Waals surface area contributed by atoms with Crippen molar-refractivity contribution in [2.75, 3.05) is 26.2 Å². The highest BCUT2D eigenvalue weighted by molar-refractivity contribution is 14.1. The van der Waals surface area contributed by atoms with E-state index >= 15 is 0 Å². The summed E-state index contributed by atoms with van der Waals surface area (Å²) in [6.07, 6.45) is 0.388. The molecule has 2 amide bonds. The standard InChI is InChI=1S/C18H29IN2O7/c1-12(2)17(26)21(8-7-20-15(23)5-4-6-16(24)25)9-10-28-18(27)13(3)11-14(19)22/h12-13H,4-11H2,1-3H3,(H,20,23)(H,24,25). The zero-order valence-corrected chi connectivity index (χ0v) is 18.7. The minimum absolute atomic E-state index is 0.00360. The third kappa shape index (κ3) is 12.6. The van der Waals surface area contributed by atoms with Crippen LogP contribution in [-0.2, 0) is 28.7 Å². The monoisotopic (exact) mass is 512 g/mol. The number of carbonyl (C=O) groups excluding carboxylic acids is 4. The summed E-state index contributed by atoms with van der Waals surface area (Å²) in [4.78, 5) is 58.8. The molecule has 0 aliphatic carbocycles. The maximum atomic E-state index is 12.3. The molecule has 0 aliphatic rings. The largest absolute Gasteiger partial charge is 0.481 e. The van der Waals surface area contributed by atoms with Crippen molar-refractivity contribution in [2.24, 2.45) is 11.8 Å². The van der Waals surface area contributed by atoms with Gasteiger partial charge in [-0.1, -0.05) is 20.8 Å². The minimum atomic E-state index is -0.951. The van der Waals surface area contributed by atoms with E-state index in [1.165, 1.54) is 4.90 Å². The van der Waals surface area contributed by atoms with Crippen LogP contribution in [0, 0.1) is 11.8 Å². The molecule has 0 fully saturated rings. The predicted octanol–water partition coefficient (Wildman–Crippen LogP) is 1.37. The van der Waals surface area contributed by atoms with Crippen LogP contribution in [-0.4, -0.2) is 63.8 Å². The van der Waals surface area contributed by atoms with Gasteiger partial charge < -0.3 is 20.1 Å². The summed E-state index contributed by atoms with van der Waals surface area (Å²) < 4.78 is 5.01. The van der Waals surface area contributed by atoms with Crippen molar-refractivity contribution in [3.8, 4) is 0 Å². The van der Waals surface area contributed by atoms with Gasteiger partial charge in [0.05, 0.1) is 12.5 Å². The molecule has 28 heavy (non-hydrogen) atoms. The molecular weight excluding hydrogens is 483 g/mol. The van der Waals surface area contributed by atoms with E-state index in [2.05, 4.69) is 5.32 Å². The Morgan fingerprint density at radius 3 is 2.25 bits per heavy atom. The van der Waals surface area contributed by atoms with Crippen LogP contribution in [0.1, 0.15) is 46.5 Å². The number of amides is 2. The molecule has 0 spiro atoms. The molecule has 0 radical (unpaired) electrons.